The summed E-state index contributed by atoms with van der Waals surface area (Å²) >= 11 is 0. The van der Waals surface area contributed by atoms with Gasteiger partial charge in [0.05, 0.1) is 12.2 Å². The van der Waals surface area contributed by atoms with E-state index in [2.05, 4.69) is 16.5 Å². The van der Waals surface area contributed by atoms with E-state index in [1.165, 1.54) is 24.2 Å². The van der Waals surface area contributed by atoms with E-state index in [1.54, 1.807) is 0 Å². The molecule has 1 aliphatic heterocycles. The molecule has 0 radical (unpaired) electrons. The van der Waals surface area contributed by atoms with Gasteiger partial charge in [0, 0.05) is 12.2 Å². The first-order valence-electron chi connectivity index (χ1n) is 4.64. The third kappa shape index (κ3) is 0.966. The standard InChI is InChI=1S/C9H15N3/c1-2-7-8-4-3-5-12(8)9(6-10)11-7/h2-6,10H2,1H3. The predicted molar refractivity (Wildman–Crippen MR) is 47.8 cm³/mol. The summed E-state index contributed by atoms with van der Waals surface area (Å²) in [4.78, 5) is 4.51. The number of aryl methyl sites for hydroxylation is 1. The van der Waals surface area contributed by atoms with Crippen molar-refractivity contribution >= 4 is 0 Å². The van der Waals surface area contributed by atoms with Gasteiger partial charge in [-0.15, -0.1) is 0 Å². The van der Waals surface area contributed by atoms with Crippen LogP contribution in [0.3, 0.4) is 0 Å². The Bertz CT molecular complexity index is 262. The lowest BCUT2D eigenvalue weighted by atomic mass is 10.2. The molecule has 0 fully saturated rings. The average Bonchev–Trinajstić information content (AvgIpc) is 2.63. The van der Waals surface area contributed by atoms with E-state index >= 15 is 0 Å². The van der Waals surface area contributed by atoms with E-state index in [0.29, 0.717) is 6.54 Å². The van der Waals surface area contributed by atoms with E-state index in [1.807, 2.05) is 0 Å². The van der Waals surface area contributed by atoms with Crippen LogP contribution in [0.25, 0.3) is 0 Å². The van der Waals surface area contributed by atoms with Crippen LogP contribution in [0.1, 0.15) is 30.6 Å². The molecule has 1 aromatic rings. The first-order chi connectivity index (χ1) is 5.86. The molecule has 3 heteroatoms. The molecular formula is C9H15N3. The Labute approximate surface area is 72.6 Å². The molecule has 0 spiro atoms. The second kappa shape index (κ2) is 2.90. The van der Waals surface area contributed by atoms with Gasteiger partial charge in [-0.3, -0.25) is 0 Å². The van der Waals surface area contributed by atoms with Crippen LogP contribution in [0.2, 0.25) is 0 Å². The Morgan fingerprint density at radius 2 is 2.42 bits per heavy atom. The molecule has 0 aromatic carbocycles. The number of imidazole rings is 1. The molecule has 0 aliphatic carbocycles. The molecule has 2 N–H and O–H groups in total. The van der Waals surface area contributed by atoms with Crippen LogP contribution >= 0.6 is 0 Å². The van der Waals surface area contributed by atoms with Gasteiger partial charge in [0.25, 0.3) is 0 Å². The molecule has 2 heterocycles. The summed E-state index contributed by atoms with van der Waals surface area (Å²) in [6.45, 7) is 3.85. The predicted octanol–water partition coefficient (Wildman–Crippen LogP) is 0.850. The van der Waals surface area contributed by atoms with Gasteiger partial charge in [0.2, 0.25) is 0 Å². The minimum Gasteiger partial charge on any atom is -0.331 e. The lowest BCUT2D eigenvalue weighted by Crippen LogP contribution is -2.06. The number of hydrogen-bond donors (Lipinski definition) is 1. The lowest BCUT2D eigenvalue weighted by molar-refractivity contribution is 0.689. The van der Waals surface area contributed by atoms with Gasteiger partial charge >= 0.3 is 0 Å². The number of aromatic nitrogens is 2. The highest BCUT2D eigenvalue weighted by molar-refractivity contribution is 5.20. The van der Waals surface area contributed by atoms with Crippen LogP contribution in [0, 0.1) is 0 Å². The van der Waals surface area contributed by atoms with Crippen molar-refractivity contribution in [2.75, 3.05) is 0 Å². The zero-order valence-corrected chi connectivity index (χ0v) is 7.51. The van der Waals surface area contributed by atoms with Crippen LogP contribution in [-0.2, 0) is 25.9 Å². The van der Waals surface area contributed by atoms with E-state index < -0.39 is 0 Å². The Morgan fingerprint density at radius 3 is 3.08 bits per heavy atom. The smallest absolute Gasteiger partial charge is 0.122 e. The summed E-state index contributed by atoms with van der Waals surface area (Å²) in [5.41, 5.74) is 8.29. The summed E-state index contributed by atoms with van der Waals surface area (Å²) in [6, 6.07) is 0. The minimum absolute atomic E-state index is 0.576. The average molecular weight is 165 g/mol. The second-order valence-electron chi connectivity index (χ2n) is 3.23. The Morgan fingerprint density at radius 1 is 1.58 bits per heavy atom. The van der Waals surface area contributed by atoms with E-state index in [-0.39, 0.29) is 0 Å². The highest BCUT2D eigenvalue weighted by atomic mass is 15.1. The number of nitrogens with zero attached hydrogens (tertiary/aromatic N) is 2. The molecule has 3 nitrogen and oxygen atoms in total. The molecule has 0 saturated carbocycles. The third-order valence-corrected chi connectivity index (χ3v) is 2.55. The normalized spacial score (nSPS) is 15.2. The molecule has 0 bridgehead atoms. The summed E-state index contributed by atoms with van der Waals surface area (Å²) in [6.07, 6.45) is 3.49. The van der Waals surface area contributed by atoms with Gasteiger partial charge in [-0.25, -0.2) is 4.98 Å². The van der Waals surface area contributed by atoms with Crippen molar-refractivity contribution in [1.29, 1.82) is 0 Å². The van der Waals surface area contributed by atoms with Gasteiger partial charge in [-0.05, 0) is 19.3 Å². The maximum atomic E-state index is 5.61. The Hall–Kier alpha value is -0.830. The molecular weight excluding hydrogens is 150 g/mol. The van der Waals surface area contributed by atoms with Crippen LogP contribution in [0.5, 0.6) is 0 Å². The highest BCUT2D eigenvalue weighted by Crippen LogP contribution is 2.21. The first-order valence-corrected chi connectivity index (χ1v) is 4.64. The van der Waals surface area contributed by atoms with Crippen LogP contribution < -0.4 is 5.73 Å². The molecule has 66 valence electrons. The monoisotopic (exact) mass is 165 g/mol. The van der Waals surface area contributed by atoms with Crippen molar-refractivity contribution < 1.29 is 0 Å². The minimum atomic E-state index is 0.576. The molecule has 12 heavy (non-hydrogen) atoms. The third-order valence-electron chi connectivity index (χ3n) is 2.55. The fourth-order valence-electron chi connectivity index (χ4n) is 1.98. The van der Waals surface area contributed by atoms with E-state index in [0.717, 1.165) is 18.8 Å². The molecule has 0 amide bonds. The van der Waals surface area contributed by atoms with Gasteiger partial charge in [-0.2, -0.15) is 0 Å². The van der Waals surface area contributed by atoms with Crippen molar-refractivity contribution in [3.05, 3.63) is 17.2 Å². The molecule has 0 saturated heterocycles. The summed E-state index contributed by atoms with van der Waals surface area (Å²) in [5, 5.41) is 0. The summed E-state index contributed by atoms with van der Waals surface area (Å²) < 4.78 is 2.29. The zero-order chi connectivity index (χ0) is 8.55. The van der Waals surface area contributed by atoms with Gasteiger partial charge < -0.3 is 10.3 Å². The number of fused-ring (bicyclic) bond motifs is 1. The maximum absolute atomic E-state index is 5.61. The summed E-state index contributed by atoms with van der Waals surface area (Å²) in [7, 11) is 0. The molecule has 1 aliphatic rings. The van der Waals surface area contributed by atoms with Crippen molar-refractivity contribution in [3.8, 4) is 0 Å². The van der Waals surface area contributed by atoms with E-state index in [9.17, 15) is 0 Å². The summed E-state index contributed by atoms with van der Waals surface area (Å²) in [5.74, 6) is 1.07. The van der Waals surface area contributed by atoms with Crippen molar-refractivity contribution in [2.45, 2.75) is 39.3 Å². The maximum Gasteiger partial charge on any atom is 0.122 e. The Balaban J connectivity index is 2.47. The van der Waals surface area contributed by atoms with Crippen LogP contribution in [-0.4, -0.2) is 9.55 Å². The molecule has 1 aromatic heterocycles. The largest absolute Gasteiger partial charge is 0.331 e. The van der Waals surface area contributed by atoms with Gasteiger partial charge in [0.15, 0.2) is 0 Å². The first kappa shape index (κ1) is 7.80. The topological polar surface area (TPSA) is 43.8 Å². The van der Waals surface area contributed by atoms with Gasteiger partial charge in [0.1, 0.15) is 5.82 Å². The fourth-order valence-corrected chi connectivity index (χ4v) is 1.98. The highest BCUT2D eigenvalue weighted by Gasteiger charge is 2.18. The van der Waals surface area contributed by atoms with Crippen molar-refractivity contribution in [2.24, 2.45) is 5.73 Å². The quantitative estimate of drug-likeness (QED) is 0.706. The van der Waals surface area contributed by atoms with Crippen molar-refractivity contribution in [1.82, 2.24) is 9.55 Å². The molecule has 2 rings (SSSR count). The fraction of sp³-hybridized carbons (Fsp3) is 0.667. The molecule has 0 unspecified atom stereocenters. The van der Waals surface area contributed by atoms with Crippen molar-refractivity contribution in [3.63, 3.8) is 0 Å². The van der Waals surface area contributed by atoms with Crippen LogP contribution in [0.15, 0.2) is 0 Å². The number of nitrogens with two attached hydrogens (primary N) is 1. The van der Waals surface area contributed by atoms with Crippen LogP contribution in [0.4, 0.5) is 0 Å². The molecule has 0 atom stereocenters. The lowest BCUT2D eigenvalue weighted by Gasteiger charge is -1.99. The zero-order valence-electron chi connectivity index (χ0n) is 7.51. The number of hydrogen-bond acceptors (Lipinski definition) is 2. The van der Waals surface area contributed by atoms with E-state index in [4.69, 9.17) is 5.73 Å². The SMILES string of the molecule is CCc1nc(CN)n2c1CCC2. The number of rotatable bonds is 2. The Kier molecular flexibility index (Phi) is 1.89. The second-order valence-corrected chi connectivity index (χ2v) is 3.23. The van der Waals surface area contributed by atoms with Gasteiger partial charge in [-0.1, -0.05) is 6.92 Å².